The van der Waals surface area contributed by atoms with Crippen molar-refractivity contribution >= 4 is 35.3 Å². The molecule has 172 valence electrons. The van der Waals surface area contributed by atoms with E-state index in [1.807, 2.05) is 0 Å². The summed E-state index contributed by atoms with van der Waals surface area (Å²) in [6.07, 6.45) is -4.41. The summed E-state index contributed by atoms with van der Waals surface area (Å²) in [6, 6.07) is 1.72. The fraction of sp³-hybridized carbons (Fsp3) is 0.611. The number of carbonyl (C=O) groups is 3. The van der Waals surface area contributed by atoms with Crippen LogP contribution in [0.25, 0.3) is 0 Å². The van der Waals surface area contributed by atoms with Crippen LogP contribution in [-0.2, 0) is 38.1 Å². The van der Waals surface area contributed by atoms with E-state index in [-0.39, 0.29) is 30.7 Å². The first-order valence-electron chi connectivity index (χ1n) is 9.41. The van der Waals surface area contributed by atoms with Gasteiger partial charge in [0.1, 0.15) is 25.4 Å². The smallest absolute Gasteiger partial charge is 0.318 e. The SMILES string of the molecule is COC1(O)N=C(C#N)N=C2C1=NCN2[C@@H]1O[C@H](COC(C)=O)[C@@H](OC(C)=O)[C@H]1OC(C)=O. The zero-order chi connectivity index (χ0) is 23.6. The average molecular weight is 451 g/mol. The molecule has 0 aromatic heterocycles. The number of nitrogens with zero attached hydrogens (tertiary/aromatic N) is 5. The van der Waals surface area contributed by atoms with Gasteiger partial charge < -0.3 is 33.7 Å². The Morgan fingerprint density at radius 1 is 1.22 bits per heavy atom. The van der Waals surface area contributed by atoms with Gasteiger partial charge in [-0.3, -0.25) is 19.4 Å². The molecule has 3 heterocycles. The predicted molar refractivity (Wildman–Crippen MR) is 103 cm³/mol. The van der Waals surface area contributed by atoms with E-state index in [1.54, 1.807) is 6.07 Å². The second-order valence-corrected chi connectivity index (χ2v) is 6.93. The Balaban J connectivity index is 1.97. The first kappa shape index (κ1) is 23.3. The van der Waals surface area contributed by atoms with E-state index in [9.17, 15) is 24.8 Å². The zero-order valence-electron chi connectivity index (χ0n) is 17.7. The van der Waals surface area contributed by atoms with Crippen molar-refractivity contribution in [3.05, 3.63) is 0 Å². The standard InChI is InChI=1S/C18H21N5O9/c1-8(24)29-6-11-13(30-9(2)25)14(31-10(3)26)17(32-11)23-7-20-15-16(23)21-12(5-19)22-18(15,27)28-4/h11,13-14,17,27H,6-7H2,1-4H3/t11-,13-,14-,17-,18?/m1/s1. The summed E-state index contributed by atoms with van der Waals surface area (Å²) in [5.41, 5.74) is -0.0864. The Labute approximate surface area is 182 Å². The van der Waals surface area contributed by atoms with Crippen molar-refractivity contribution in [1.29, 1.82) is 5.26 Å². The van der Waals surface area contributed by atoms with Crippen LogP contribution < -0.4 is 0 Å². The highest BCUT2D eigenvalue weighted by molar-refractivity contribution is 6.48. The van der Waals surface area contributed by atoms with Crippen LogP contribution in [-0.4, -0.2) is 96.1 Å². The Kier molecular flexibility index (Phi) is 6.53. The Morgan fingerprint density at radius 3 is 2.44 bits per heavy atom. The van der Waals surface area contributed by atoms with Gasteiger partial charge in [-0.2, -0.15) is 15.2 Å². The van der Waals surface area contributed by atoms with Gasteiger partial charge in [0.05, 0.1) is 0 Å². The normalized spacial score (nSPS) is 31.0. The fourth-order valence-electron chi connectivity index (χ4n) is 3.45. The van der Waals surface area contributed by atoms with Crippen molar-refractivity contribution < 1.29 is 43.2 Å². The van der Waals surface area contributed by atoms with Crippen LogP contribution in [0.15, 0.2) is 15.0 Å². The van der Waals surface area contributed by atoms with Gasteiger partial charge in [-0.25, -0.2) is 0 Å². The van der Waals surface area contributed by atoms with Gasteiger partial charge >= 0.3 is 23.8 Å². The third kappa shape index (κ3) is 4.44. The maximum atomic E-state index is 11.8. The van der Waals surface area contributed by atoms with E-state index in [1.165, 1.54) is 18.9 Å². The highest BCUT2D eigenvalue weighted by atomic mass is 16.7. The summed E-state index contributed by atoms with van der Waals surface area (Å²) in [5, 5.41) is 19.9. The number of methoxy groups -OCH3 is 1. The third-order valence-electron chi connectivity index (χ3n) is 4.68. The summed E-state index contributed by atoms with van der Waals surface area (Å²) in [4.78, 5) is 48.1. The topological polar surface area (TPSA) is 182 Å². The van der Waals surface area contributed by atoms with Gasteiger partial charge in [0.2, 0.25) is 5.84 Å². The maximum Gasteiger partial charge on any atom is 0.318 e. The largest absolute Gasteiger partial charge is 0.463 e. The number of hydrogen-bond acceptors (Lipinski definition) is 14. The van der Waals surface area contributed by atoms with Gasteiger partial charge in [-0.1, -0.05) is 0 Å². The van der Waals surface area contributed by atoms with Crippen LogP contribution in [0.4, 0.5) is 0 Å². The van der Waals surface area contributed by atoms with E-state index < -0.39 is 48.4 Å². The summed E-state index contributed by atoms with van der Waals surface area (Å²) in [5.74, 6) is -4.59. The van der Waals surface area contributed by atoms with E-state index in [0.29, 0.717) is 0 Å². The molecular formula is C18H21N5O9. The molecule has 14 nitrogen and oxygen atoms in total. The van der Waals surface area contributed by atoms with Crippen LogP contribution >= 0.6 is 0 Å². The van der Waals surface area contributed by atoms with Crippen LogP contribution in [0, 0.1) is 11.3 Å². The number of esters is 3. The molecule has 3 rings (SSSR count). The monoisotopic (exact) mass is 451 g/mol. The van der Waals surface area contributed by atoms with Crippen LogP contribution in [0.1, 0.15) is 20.8 Å². The Hall–Kier alpha value is -3.41. The van der Waals surface area contributed by atoms with Gasteiger partial charge in [-0.05, 0) is 0 Å². The number of amidine groups is 2. The molecule has 0 saturated carbocycles. The van der Waals surface area contributed by atoms with Crippen LogP contribution in [0.2, 0.25) is 0 Å². The second kappa shape index (κ2) is 8.99. The molecule has 5 atom stereocenters. The quantitative estimate of drug-likeness (QED) is 0.281. The van der Waals surface area contributed by atoms with Crippen molar-refractivity contribution in [3.8, 4) is 6.07 Å². The number of carbonyl (C=O) groups excluding carboxylic acids is 3. The van der Waals surface area contributed by atoms with Crippen LogP contribution in [0.5, 0.6) is 0 Å². The molecule has 1 saturated heterocycles. The lowest BCUT2D eigenvalue weighted by Gasteiger charge is -2.32. The van der Waals surface area contributed by atoms with Crippen molar-refractivity contribution in [3.63, 3.8) is 0 Å². The minimum Gasteiger partial charge on any atom is -0.463 e. The maximum absolute atomic E-state index is 11.8. The number of fused-ring (bicyclic) bond motifs is 1. The third-order valence-corrected chi connectivity index (χ3v) is 4.68. The number of ether oxygens (including phenoxy) is 5. The van der Waals surface area contributed by atoms with Crippen molar-refractivity contribution in [2.75, 3.05) is 20.4 Å². The van der Waals surface area contributed by atoms with E-state index in [2.05, 4.69) is 15.0 Å². The molecule has 0 aromatic rings. The molecule has 1 N–H and O–H groups in total. The average Bonchev–Trinajstić information content (AvgIpc) is 3.28. The zero-order valence-corrected chi connectivity index (χ0v) is 17.7. The van der Waals surface area contributed by atoms with Crippen molar-refractivity contribution in [2.24, 2.45) is 15.0 Å². The highest BCUT2D eigenvalue weighted by Crippen LogP contribution is 2.33. The molecule has 3 aliphatic heterocycles. The van der Waals surface area contributed by atoms with E-state index in [4.69, 9.17) is 23.7 Å². The van der Waals surface area contributed by atoms with Crippen LogP contribution in [0.3, 0.4) is 0 Å². The summed E-state index contributed by atoms with van der Waals surface area (Å²) < 4.78 is 26.6. The predicted octanol–water partition coefficient (Wildman–Crippen LogP) is -1.52. The Bertz CT molecular complexity index is 955. The fourth-order valence-corrected chi connectivity index (χ4v) is 3.45. The van der Waals surface area contributed by atoms with Gasteiger partial charge in [0.15, 0.2) is 30.0 Å². The number of hydrogen-bond donors (Lipinski definition) is 1. The summed E-state index contributed by atoms with van der Waals surface area (Å²) in [7, 11) is 1.17. The first-order valence-corrected chi connectivity index (χ1v) is 9.41. The minimum absolute atomic E-state index is 0.00207. The molecule has 0 aromatic carbocycles. The molecule has 0 spiro atoms. The lowest BCUT2D eigenvalue weighted by atomic mass is 10.1. The van der Waals surface area contributed by atoms with E-state index in [0.717, 1.165) is 13.8 Å². The summed E-state index contributed by atoms with van der Waals surface area (Å²) >= 11 is 0. The molecule has 1 unspecified atom stereocenters. The number of nitriles is 1. The van der Waals surface area contributed by atoms with Crippen molar-refractivity contribution in [1.82, 2.24) is 4.90 Å². The molecule has 1 fully saturated rings. The van der Waals surface area contributed by atoms with E-state index >= 15 is 0 Å². The first-order chi connectivity index (χ1) is 15.1. The lowest BCUT2D eigenvalue weighted by Crippen LogP contribution is -2.54. The Morgan fingerprint density at radius 2 is 1.88 bits per heavy atom. The minimum atomic E-state index is -2.25. The molecule has 0 aliphatic carbocycles. The summed E-state index contributed by atoms with van der Waals surface area (Å²) in [6.45, 7) is 3.10. The molecular weight excluding hydrogens is 430 g/mol. The molecule has 0 amide bonds. The van der Waals surface area contributed by atoms with Gasteiger partial charge in [-0.15, -0.1) is 0 Å². The molecule has 0 radical (unpaired) electrons. The van der Waals surface area contributed by atoms with Crippen molar-refractivity contribution in [2.45, 2.75) is 51.2 Å². The molecule has 3 aliphatic rings. The molecule has 14 heteroatoms. The molecule has 0 bridgehead atoms. The van der Waals surface area contributed by atoms with Gasteiger partial charge in [0.25, 0.3) is 0 Å². The number of rotatable bonds is 6. The number of aliphatic hydroxyl groups is 1. The highest BCUT2D eigenvalue weighted by Gasteiger charge is 2.56. The second-order valence-electron chi connectivity index (χ2n) is 6.93. The number of aliphatic imine (C=N–C) groups is 3. The molecule has 32 heavy (non-hydrogen) atoms. The lowest BCUT2D eigenvalue weighted by molar-refractivity contribution is -0.166. The van der Waals surface area contributed by atoms with Gasteiger partial charge in [0, 0.05) is 27.9 Å².